The third kappa shape index (κ3) is 3.71. The Morgan fingerprint density at radius 3 is 2.74 bits per heavy atom. The number of rotatable bonds is 5. The Hall–Kier alpha value is -2.74. The lowest BCUT2D eigenvalue weighted by Crippen LogP contribution is -2.51. The molecule has 1 aliphatic rings. The zero-order valence-electron chi connectivity index (χ0n) is 15.2. The van der Waals surface area contributed by atoms with Gasteiger partial charge in [-0.05, 0) is 59.7 Å². The molecule has 1 aliphatic heterocycles. The maximum atomic E-state index is 12.7. The number of nitrogens with zero attached hydrogens (tertiary/aromatic N) is 6. The van der Waals surface area contributed by atoms with Crippen LogP contribution in [-0.4, -0.2) is 54.3 Å². The maximum Gasteiger partial charge on any atom is 0.235 e. The van der Waals surface area contributed by atoms with Gasteiger partial charge >= 0.3 is 0 Å². The second-order valence-corrected chi connectivity index (χ2v) is 8.00. The Morgan fingerprint density at radius 2 is 2.00 bits per heavy atom. The van der Waals surface area contributed by atoms with E-state index in [9.17, 15) is 4.79 Å². The van der Waals surface area contributed by atoms with Gasteiger partial charge in [0.25, 0.3) is 0 Å². The van der Waals surface area contributed by atoms with Gasteiger partial charge in [0.2, 0.25) is 11.1 Å². The predicted molar refractivity (Wildman–Crippen MR) is 103 cm³/mol. The molecule has 0 unspecified atom stereocenters. The molecule has 1 amide bonds. The van der Waals surface area contributed by atoms with Gasteiger partial charge < -0.3 is 4.90 Å². The minimum atomic E-state index is -0.252. The van der Waals surface area contributed by atoms with E-state index in [1.54, 1.807) is 17.1 Å². The molecule has 3 aromatic rings. The van der Waals surface area contributed by atoms with Crippen LogP contribution in [0.3, 0.4) is 0 Å². The first kappa shape index (κ1) is 17.7. The van der Waals surface area contributed by atoms with E-state index in [1.165, 1.54) is 17.3 Å². The number of pyridine rings is 1. The van der Waals surface area contributed by atoms with Crippen molar-refractivity contribution in [3.05, 3.63) is 59.9 Å². The number of carbonyl (C=O) groups excluding carboxylic acids is 1. The van der Waals surface area contributed by atoms with Gasteiger partial charge in [0.1, 0.15) is 0 Å². The summed E-state index contributed by atoms with van der Waals surface area (Å²) in [5.41, 5.74) is 3.26. The summed E-state index contributed by atoms with van der Waals surface area (Å²) in [6.45, 7) is 5.42. The van der Waals surface area contributed by atoms with Gasteiger partial charge in [-0.2, -0.15) is 4.68 Å². The molecule has 1 atom stereocenters. The second kappa shape index (κ2) is 7.48. The SMILES string of the molecule is Cc1cccc(-n2nnnc2S[C@H](C)C(=O)N2CC(c3ccncc3)C2)c1. The van der Waals surface area contributed by atoms with Crippen LogP contribution in [0.1, 0.15) is 24.0 Å². The average molecular weight is 380 g/mol. The number of tetrazole rings is 1. The molecular weight excluding hydrogens is 360 g/mol. The van der Waals surface area contributed by atoms with Gasteiger partial charge in [0, 0.05) is 31.4 Å². The van der Waals surface area contributed by atoms with E-state index in [-0.39, 0.29) is 11.2 Å². The van der Waals surface area contributed by atoms with Crippen molar-refractivity contribution >= 4 is 17.7 Å². The summed E-state index contributed by atoms with van der Waals surface area (Å²) in [4.78, 5) is 18.7. The Kier molecular flexibility index (Phi) is 4.89. The molecule has 0 aliphatic carbocycles. The van der Waals surface area contributed by atoms with E-state index < -0.39 is 0 Å². The predicted octanol–water partition coefficient (Wildman–Crippen LogP) is 2.47. The average Bonchev–Trinajstić information content (AvgIpc) is 3.09. The molecule has 0 saturated carbocycles. The van der Waals surface area contributed by atoms with Gasteiger partial charge in [0.05, 0.1) is 10.9 Å². The first-order valence-electron chi connectivity index (χ1n) is 8.82. The van der Waals surface area contributed by atoms with Crippen molar-refractivity contribution in [2.75, 3.05) is 13.1 Å². The van der Waals surface area contributed by atoms with Crippen LogP contribution < -0.4 is 0 Å². The Bertz CT molecular complexity index is 938. The van der Waals surface area contributed by atoms with Crippen LogP contribution in [-0.2, 0) is 4.79 Å². The molecule has 0 spiro atoms. The summed E-state index contributed by atoms with van der Waals surface area (Å²) >= 11 is 1.39. The topological polar surface area (TPSA) is 76.8 Å². The number of hydrogen-bond acceptors (Lipinski definition) is 6. The fraction of sp³-hybridized carbons (Fsp3) is 0.316. The number of aromatic nitrogens is 5. The zero-order valence-corrected chi connectivity index (χ0v) is 16.0. The lowest BCUT2D eigenvalue weighted by Gasteiger charge is -2.40. The van der Waals surface area contributed by atoms with E-state index in [4.69, 9.17) is 0 Å². The fourth-order valence-electron chi connectivity index (χ4n) is 3.14. The van der Waals surface area contributed by atoms with Gasteiger partial charge in [0.15, 0.2) is 0 Å². The van der Waals surface area contributed by atoms with Gasteiger partial charge in [-0.3, -0.25) is 9.78 Å². The first-order valence-corrected chi connectivity index (χ1v) is 9.70. The molecule has 2 aromatic heterocycles. The number of hydrogen-bond donors (Lipinski definition) is 0. The molecule has 0 bridgehead atoms. The fourth-order valence-corrected chi connectivity index (χ4v) is 4.04. The van der Waals surface area contributed by atoms with Crippen LogP contribution >= 0.6 is 11.8 Å². The van der Waals surface area contributed by atoms with Crippen molar-refractivity contribution in [1.82, 2.24) is 30.1 Å². The largest absolute Gasteiger partial charge is 0.340 e. The van der Waals surface area contributed by atoms with Crippen LogP contribution in [0.5, 0.6) is 0 Å². The molecule has 1 aromatic carbocycles. The number of thioether (sulfide) groups is 1. The Morgan fingerprint density at radius 1 is 1.22 bits per heavy atom. The van der Waals surface area contributed by atoms with Crippen molar-refractivity contribution in [2.24, 2.45) is 0 Å². The summed E-state index contributed by atoms with van der Waals surface area (Å²) in [6.07, 6.45) is 3.59. The van der Waals surface area contributed by atoms with Crippen molar-refractivity contribution < 1.29 is 4.79 Å². The zero-order chi connectivity index (χ0) is 18.8. The van der Waals surface area contributed by atoms with Crippen LogP contribution in [0, 0.1) is 6.92 Å². The van der Waals surface area contributed by atoms with Crippen molar-refractivity contribution in [1.29, 1.82) is 0 Å². The molecule has 1 saturated heterocycles. The van der Waals surface area contributed by atoms with Crippen molar-refractivity contribution in [3.8, 4) is 5.69 Å². The number of carbonyl (C=O) groups is 1. The highest BCUT2D eigenvalue weighted by Crippen LogP contribution is 2.30. The smallest absolute Gasteiger partial charge is 0.235 e. The molecule has 8 heteroatoms. The second-order valence-electron chi connectivity index (χ2n) is 6.69. The molecule has 138 valence electrons. The molecule has 4 rings (SSSR count). The third-order valence-electron chi connectivity index (χ3n) is 4.69. The molecule has 0 radical (unpaired) electrons. The van der Waals surface area contributed by atoms with E-state index in [0.29, 0.717) is 11.1 Å². The molecular formula is C19H20N6OS. The van der Waals surface area contributed by atoms with Crippen LogP contribution in [0.2, 0.25) is 0 Å². The molecule has 3 heterocycles. The summed E-state index contributed by atoms with van der Waals surface area (Å²) in [5.74, 6) is 0.510. The standard InChI is InChI=1S/C19H20N6OS/c1-13-4-3-5-17(10-13)25-19(21-22-23-25)27-14(2)18(26)24-11-16(12-24)15-6-8-20-9-7-15/h3-10,14,16H,11-12H2,1-2H3/t14-/m1/s1. The third-order valence-corrected chi connectivity index (χ3v) is 5.71. The minimum Gasteiger partial charge on any atom is -0.340 e. The lowest BCUT2D eigenvalue weighted by molar-refractivity contribution is -0.134. The van der Waals surface area contributed by atoms with Gasteiger partial charge in [-0.25, -0.2) is 0 Å². The Labute approximate surface area is 161 Å². The number of benzene rings is 1. The number of likely N-dealkylation sites (tertiary alicyclic amines) is 1. The van der Waals surface area contributed by atoms with Crippen LogP contribution in [0.15, 0.2) is 53.9 Å². The molecule has 1 fully saturated rings. The highest BCUT2D eigenvalue weighted by molar-refractivity contribution is 8.00. The highest BCUT2D eigenvalue weighted by atomic mass is 32.2. The van der Waals surface area contributed by atoms with Crippen molar-refractivity contribution in [3.63, 3.8) is 0 Å². The minimum absolute atomic E-state index is 0.115. The lowest BCUT2D eigenvalue weighted by atomic mass is 9.92. The first-order chi connectivity index (χ1) is 13.1. The summed E-state index contributed by atoms with van der Waals surface area (Å²) in [7, 11) is 0. The van der Waals surface area contributed by atoms with E-state index >= 15 is 0 Å². The maximum absolute atomic E-state index is 12.7. The van der Waals surface area contributed by atoms with Crippen LogP contribution in [0.25, 0.3) is 5.69 Å². The summed E-state index contributed by atoms with van der Waals surface area (Å²) in [6, 6.07) is 12.0. The van der Waals surface area contributed by atoms with E-state index in [2.05, 4.69) is 20.5 Å². The monoisotopic (exact) mass is 380 g/mol. The quantitative estimate of drug-likeness (QED) is 0.633. The molecule has 0 N–H and O–H groups in total. The van der Waals surface area contributed by atoms with Crippen molar-refractivity contribution in [2.45, 2.75) is 30.2 Å². The van der Waals surface area contributed by atoms with E-state index in [1.807, 2.05) is 55.1 Å². The number of amides is 1. The molecule has 7 nitrogen and oxygen atoms in total. The van der Waals surface area contributed by atoms with Crippen LogP contribution in [0.4, 0.5) is 0 Å². The van der Waals surface area contributed by atoms with Gasteiger partial charge in [-0.1, -0.05) is 23.9 Å². The molecule has 27 heavy (non-hydrogen) atoms. The van der Waals surface area contributed by atoms with Gasteiger partial charge in [-0.15, -0.1) is 5.10 Å². The Balaban J connectivity index is 1.40. The normalized spacial score (nSPS) is 15.4. The summed E-state index contributed by atoms with van der Waals surface area (Å²) in [5, 5.41) is 12.3. The summed E-state index contributed by atoms with van der Waals surface area (Å²) < 4.78 is 1.68. The number of aryl methyl sites for hydroxylation is 1. The highest BCUT2D eigenvalue weighted by Gasteiger charge is 2.34. The van der Waals surface area contributed by atoms with E-state index in [0.717, 1.165) is 24.3 Å².